The summed E-state index contributed by atoms with van der Waals surface area (Å²) in [5.41, 5.74) is 6.83. The molecule has 1 spiro atoms. The number of hydrogen-bond donors (Lipinski definition) is 4. The zero-order chi connectivity index (χ0) is 28.8. The molecule has 212 valence electrons. The van der Waals surface area contributed by atoms with Gasteiger partial charge in [-0.2, -0.15) is 0 Å². The molecule has 0 aromatic heterocycles. The van der Waals surface area contributed by atoms with E-state index in [-0.39, 0.29) is 37.1 Å². The molecule has 0 unspecified atom stereocenters. The van der Waals surface area contributed by atoms with Gasteiger partial charge in [-0.05, 0) is 47.6 Å². The number of fused-ring (bicyclic) bond motifs is 2. The molecule has 10 heteroatoms. The van der Waals surface area contributed by atoms with Crippen molar-refractivity contribution in [2.75, 3.05) is 11.9 Å². The van der Waals surface area contributed by atoms with Gasteiger partial charge in [0.1, 0.15) is 17.9 Å². The quantitative estimate of drug-likeness (QED) is 0.420. The Morgan fingerprint density at radius 3 is 2.52 bits per heavy atom. The highest BCUT2D eigenvalue weighted by atomic mass is 19.1. The number of nitrogens with one attached hydrogen (secondary N) is 3. The predicted molar refractivity (Wildman–Crippen MR) is 147 cm³/mol. The first-order valence-electron chi connectivity index (χ1n) is 13.7. The summed E-state index contributed by atoms with van der Waals surface area (Å²) < 4.78 is 14.0. The second kappa shape index (κ2) is 10.3. The standard InChI is InChI=1S/C30H36FN5O4/c1-29(2,3)24(35-25(37)18-11-12-18)26(38)33-22(14-17-7-6-8-19(31)13-17)27(39)36-16-30(15-23(36)32)20-9-4-5-10-21(20)34-28(30)40/h4-10,13,18,22-24H,11-12,14-16,32H2,1-3H3,(H,33,38)(H,34,40)(H,35,37)/t22-,23-,24+,30-/m0/s1. The van der Waals surface area contributed by atoms with Crippen molar-refractivity contribution in [2.45, 2.75) is 70.1 Å². The van der Waals surface area contributed by atoms with Crippen LogP contribution >= 0.6 is 0 Å². The van der Waals surface area contributed by atoms with Crippen molar-refractivity contribution in [3.05, 3.63) is 65.5 Å². The lowest BCUT2D eigenvalue weighted by molar-refractivity contribution is -0.139. The number of para-hydroxylation sites is 1. The molecular formula is C30H36FN5O4. The number of carbonyl (C=O) groups excluding carboxylic acids is 4. The highest BCUT2D eigenvalue weighted by Gasteiger charge is 2.55. The smallest absolute Gasteiger partial charge is 0.246 e. The van der Waals surface area contributed by atoms with E-state index in [9.17, 15) is 23.6 Å². The Morgan fingerprint density at radius 2 is 1.85 bits per heavy atom. The maximum Gasteiger partial charge on any atom is 0.246 e. The minimum absolute atomic E-state index is 0.00870. The van der Waals surface area contributed by atoms with E-state index in [0.717, 1.165) is 18.4 Å². The van der Waals surface area contributed by atoms with Crippen molar-refractivity contribution >= 4 is 29.3 Å². The number of amides is 4. The number of rotatable bonds is 7. The van der Waals surface area contributed by atoms with E-state index in [0.29, 0.717) is 11.3 Å². The fourth-order valence-corrected chi connectivity index (χ4v) is 5.75. The van der Waals surface area contributed by atoms with Crippen molar-refractivity contribution in [1.82, 2.24) is 15.5 Å². The maximum absolute atomic E-state index is 14.1. The molecule has 2 aromatic carbocycles. The summed E-state index contributed by atoms with van der Waals surface area (Å²) in [5, 5.41) is 8.59. The molecule has 40 heavy (non-hydrogen) atoms. The molecular weight excluding hydrogens is 513 g/mol. The van der Waals surface area contributed by atoms with Crippen LogP contribution in [-0.4, -0.2) is 53.3 Å². The van der Waals surface area contributed by atoms with Gasteiger partial charge in [-0.25, -0.2) is 4.39 Å². The third-order valence-electron chi connectivity index (χ3n) is 8.11. The first-order chi connectivity index (χ1) is 18.9. The van der Waals surface area contributed by atoms with Gasteiger partial charge >= 0.3 is 0 Å². The molecule has 2 fully saturated rings. The highest BCUT2D eigenvalue weighted by molar-refractivity contribution is 6.07. The SMILES string of the molecule is CC(C)(C)[C@H](NC(=O)C1CC1)C(=O)N[C@@H](Cc1cccc(F)c1)C(=O)N1C[C@]2(C[C@H]1N)C(=O)Nc1ccccc12. The summed E-state index contributed by atoms with van der Waals surface area (Å²) in [4.78, 5) is 54.9. The topological polar surface area (TPSA) is 134 Å². The Morgan fingerprint density at radius 1 is 1.12 bits per heavy atom. The molecule has 2 aromatic rings. The summed E-state index contributed by atoms with van der Waals surface area (Å²) in [6, 6.07) is 11.2. The van der Waals surface area contributed by atoms with Crippen LogP contribution in [0.3, 0.4) is 0 Å². The van der Waals surface area contributed by atoms with Crippen molar-refractivity contribution in [3.8, 4) is 0 Å². The Bertz CT molecular complexity index is 1350. The molecule has 2 heterocycles. The summed E-state index contributed by atoms with van der Waals surface area (Å²) in [5.74, 6) is -1.95. The molecule has 2 aliphatic heterocycles. The molecule has 4 atom stereocenters. The molecule has 4 amide bonds. The minimum Gasteiger partial charge on any atom is -0.344 e. The molecule has 3 aliphatic rings. The summed E-state index contributed by atoms with van der Waals surface area (Å²) in [6.45, 7) is 5.56. The average Bonchev–Trinajstić information content (AvgIpc) is 3.63. The van der Waals surface area contributed by atoms with Crippen LogP contribution in [0.2, 0.25) is 0 Å². The van der Waals surface area contributed by atoms with Crippen LogP contribution in [0, 0.1) is 17.2 Å². The Kier molecular flexibility index (Phi) is 7.16. The third-order valence-corrected chi connectivity index (χ3v) is 8.11. The van der Waals surface area contributed by atoms with Gasteiger partial charge in [-0.15, -0.1) is 0 Å². The van der Waals surface area contributed by atoms with Crippen molar-refractivity contribution in [3.63, 3.8) is 0 Å². The lowest BCUT2D eigenvalue weighted by Crippen LogP contribution is -2.59. The second-order valence-electron chi connectivity index (χ2n) is 12.3. The molecule has 0 radical (unpaired) electrons. The first-order valence-corrected chi connectivity index (χ1v) is 13.7. The third kappa shape index (κ3) is 5.32. The largest absolute Gasteiger partial charge is 0.344 e. The number of hydrogen-bond acceptors (Lipinski definition) is 5. The van der Waals surface area contributed by atoms with E-state index < -0.39 is 46.7 Å². The molecule has 5 N–H and O–H groups in total. The van der Waals surface area contributed by atoms with Crippen LogP contribution in [0.15, 0.2) is 48.5 Å². The summed E-state index contributed by atoms with van der Waals surface area (Å²) in [6.07, 6.45) is 1.04. The average molecular weight is 550 g/mol. The van der Waals surface area contributed by atoms with Crippen LogP contribution in [0.25, 0.3) is 0 Å². The highest BCUT2D eigenvalue weighted by Crippen LogP contribution is 2.45. The predicted octanol–water partition coefficient (Wildman–Crippen LogP) is 2.20. The normalized spacial score (nSPS) is 23.4. The number of anilines is 1. The molecule has 5 rings (SSSR count). The zero-order valence-corrected chi connectivity index (χ0v) is 23.0. The molecule has 1 aliphatic carbocycles. The van der Waals surface area contributed by atoms with E-state index in [2.05, 4.69) is 16.0 Å². The fraction of sp³-hybridized carbons (Fsp3) is 0.467. The van der Waals surface area contributed by atoms with Gasteiger partial charge in [-0.1, -0.05) is 51.1 Å². The second-order valence-corrected chi connectivity index (χ2v) is 12.3. The monoisotopic (exact) mass is 549 g/mol. The van der Waals surface area contributed by atoms with Crippen LogP contribution in [0.1, 0.15) is 51.2 Å². The molecule has 9 nitrogen and oxygen atoms in total. The Hall–Kier alpha value is -3.79. The van der Waals surface area contributed by atoms with E-state index in [1.54, 1.807) is 6.07 Å². The molecule has 1 saturated heterocycles. The molecule has 1 saturated carbocycles. The van der Waals surface area contributed by atoms with Gasteiger partial charge in [0.25, 0.3) is 0 Å². The summed E-state index contributed by atoms with van der Waals surface area (Å²) in [7, 11) is 0. The van der Waals surface area contributed by atoms with E-state index in [4.69, 9.17) is 5.73 Å². The van der Waals surface area contributed by atoms with Crippen molar-refractivity contribution in [1.29, 1.82) is 0 Å². The minimum atomic E-state index is -1.10. The summed E-state index contributed by atoms with van der Waals surface area (Å²) >= 11 is 0. The number of benzene rings is 2. The van der Waals surface area contributed by atoms with Gasteiger partial charge in [0.2, 0.25) is 23.6 Å². The number of likely N-dealkylation sites (tertiary alicyclic amines) is 1. The van der Waals surface area contributed by atoms with E-state index in [1.165, 1.54) is 23.1 Å². The lowest BCUT2D eigenvalue weighted by Gasteiger charge is -2.33. The number of halogens is 1. The fourth-order valence-electron chi connectivity index (χ4n) is 5.75. The van der Waals surface area contributed by atoms with Gasteiger partial charge in [0.05, 0.1) is 11.6 Å². The Balaban J connectivity index is 1.42. The van der Waals surface area contributed by atoms with Crippen LogP contribution in [0.4, 0.5) is 10.1 Å². The van der Waals surface area contributed by atoms with E-state index in [1.807, 2.05) is 45.0 Å². The van der Waals surface area contributed by atoms with Gasteiger partial charge in [-0.3, -0.25) is 19.2 Å². The zero-order valence-electron chi connectivity index (χ0n) is 23.0. The van der Waals surface area contributed by atoms with Gasteiger partial charge in [0, 0.05) is 31.0 Å². The first kappa shape index (κ1) is 27.8. The number of nitrogens with two attached hydrogens (primary N) is 1. The maximum atomic E-state index is 14.1. The van der Waals surface area contributed by atoms with Gasteiger partial charge in [0.15, 0.2) is 0 Å². The van der Waals surface area contributed by atoms with Crippen LogP contribution in [-0.2, 0) is 31.0 Å². The number of carbonyl (C=O) groups is 4. The van der Waals surface area contributed by atoms with E-state index >= 15 is 0 Å². The number of nitrogens with zero attached hydrogens (tertiary/aromatic N) is 1. The molecule has 0 bridgehead atoms. The van der Waals surface area contributed by atoms with Crippen molar-refractivity contribution in [2.24, 2.45) is 17.1 Å². The van der Waals surface area contributed by atoms with Crippen LogP contribution < -0.4 is 21.7 Å². The lowest BCUT2D eigenvalue weighted by atomic mass is 9.80. The van der Waals surface area contributed by atoms with Crippen molar-refractivity contribution < 1.29 is 23.6 Å². The Labute approximate surface area is 233 Å². The van der Waals surface area contributed by atoms with Crippen LogP contribution in [0.5, 0.6) is 0 Å². The van der Waals surface area contributed by atoms with Gasteiger partial charge < -0.3 is 26.6 Å².